The fourth-order valence-corrected chi connectivity index (χ4v) is 3.51. The van der Waals surface area contributed by atoms with Crippen LogP contribution in [-0.2, 0) is 34.3 Å². The van der Waals surface area contributed by atoms with Crippen LogP contribution in [0, 0.1) is 0 Å². The molecule has 0 aromatic heterocycles. The largest absolute Gasteiger partial charge is 0.240 e. The van der Waals surface area contributed by atoms with Gasteiger partial charge in [-0.05, 0) is 47.8 Å². The molecule has 0 bridgehead atoms. The second-order valence-electron chi connectivity index (χ2n) is 6.01. The molecule has 0 N–H and O–H groups in total. The molecule has 1 aliphatic carbocycles. The van der Waals surface area contributed by atoms with Gasteiger partial charge in [0.1, 0.15) is 0 Å². The Balaban J connectivity index is 2.99. The SMILES string of the molecule is CCc1c2c(c(N=C=O)c(CC)c1N=C=O)C(C)(C)CC2. The van der Waals surface area contributed by atoms with E-state index in [1.807, 2.05) is 6.92 Å². The first-order valence-electron chi connectivity index (χ1n) is 7.38. The summed E-state index contributed by atoms with van der Waals surface area (Å²) in [5.41, 5.74) is 5.57. The number of hydrogen-bond donors (Lipinski definition) is 0. The maximum absolute atomic E-state index is 10.9. The Morgan fingerprint density at radius 1 is 1.00 bits per heavy atom. The first-order valence-corrected chi connectivity index (χ1v) is 7.38. The molecule has 21 heavy (non-hydrogen) atoms. The van der Waals surface area contributed by atoms with Crippen LogP contribution in [0.3, 0.4) is 0 Å². The molecule has 0 aliphatic heterocycles. The average Bonchev–Trinajstić information content (AvgIpc) is 2.76. The summed E-state index contributed by atoms with van der Waals surface area (Å²) in [6.45, 7) is 8.39. The third-order valence-electron chi connectivity index (χ3n) is 4.46. The lowest BCUT2D eigenvalue weighted by Crippen LogP contribution is -2.13. The normalized spacial score (nSPS) is 15.0. The molecule has 0 radical (unpaired) electrons. The van der Waals surface area contributed by atoms with E-state index in [1.165, 1.54) is 5.56 Å². The molecule has 0 amide bonds. The summed E-state index contributed by atoms with van der Waals surface area (Å²) < 4.78 is 0. The Hall–Kier alpha value is -2.02. The van der Waals surface area contributed by atoms with E-state index < -0.39 is 0 Å². The maximum atomic E-state index is 10.9. The van der Waals surface area contributed by atoms with E-state index in [-0.39, 0.29) is 5.41 Å². The summed E-state index contributed by atoms with van der Waals surface area (Å²) in [6, 6.07) is 0. The predicted molar refractivity (Wildman–Crippen MR) is 82.1 cm³/mol. The van der Waals surface area contributed by atoms with Crippen molar-refractivity contribution < 1.29 is 9.59 Å². The van der Waals surface area contributed by atoms with Crippen molar-refractivity contribution in [3.63, 3.8) is 0 Å². The average molecular weight is 284 g/mol. The zero-order valence-electron chi connectivity index (χ0n) is 13.0. The van der Waals surface area contributed by atoms with E-state index in [0.717, 1.165) is 36.0 Å². The second-order valence-corrected chi connectivity index (χ2v) is 6.01. The van der Waals surface area contributed by atoms with Gasteiger partial charge >= 0.3 is 0 Å². The van der Waals surface area contributed by atoms with Crippen molar-refractivity contribution in [1.29, 1.82) is 0 Å². The molecule has 0 unspecified atom stereocenters. The van der Waals surface area contributed by atoms with Crippen LogP contribution >= 0.6 is 0 Å². The molecule has 0 saturated carbocycles. The molecular formula is C17H20N2O2. The highest BCUT2D eigenvalue weighted by molar-refractivity contribution is 5.77. The summed E-state index contributed by atoms with van der Waals surface area (Å²) in [5, 5.41) is 0. The quantitative estimate of drug-likeness (QED) is 0.620. The Morgan fingerprint density at radius 3 is 2.10 bits per heavy atom. The van der Waals surface area contributed by atoms with E-state index >= 15 is 0 Å². The van der Waals surface area contributed by atoms with Crippen molar-refractivity contribution in [3.05, 3.63) is 22.3 Å². The molecule has 4 nitrogen and oxygen atoms in total. The van der Waals surface area contributed by atoms with Crippen LogP contribution in [0.15, 0.2) is 9.98 Å². The molecule has 1 aliphatic rings. The lowest BCUT2D eigenvalue weighted by Gasteiger charge is -2.24. The van der Waals surface area contributed by atoms with Gasteiger partial charge in [0, 0.05) is 5.56 Å². The highest BCUT2D eigenvalue weighted by Crippen LogP contribution is 2.50. The molecule has 4 heteroatoms. The van der Waals surface area contributed by atoms with Crippen LogP contribution in [-0.4, -0.2) is 12.2 Å². The van der Waals surface area contributed by atoms with Crippen LogP contribution in [0.5, 0.6) is 0 Å². The topological polar surface area (TPSA) is 58.9 Å². The minimum absolute atomic E-state index is 0.0255. The van der Waals surface area contributed by atoms with Gasteiger partial charge in [0.15, 0.2) is 0 Å². The number of carbonyl (C=O) groups excluding carboxylic acids is 2. The lowest BCUT2D eigenvalue weighted by molar-refractivity contribution is 0.522. The monoisotopic (exact) mass is 284 g/mol. The molecular weight excluding hydrogens is 264 g/mol. The van der Waals surface area contributed by atoms with Crippen LogP contribution in [0.4, 0.5) is 11.4 Å². The van der Waals surface area contributed by atoms with Crippen molar-refractivity contribution in [2.45, 2.75) is 58.8 Å². The highest BCUT2D eigenvalue weighted by Gasteiger charge is 2.36. The zero-order chi connectivity index (χ0) is 15.6. The third-order valence-corrected chi connectivity index (χ3v) is 4.46. The molecule has 1 aromatic rings. The van der Waals surface area contributed by atoms with Crippen molar-refractivity contribution in [2.75, 3.05) is 0 Å². The number of benzene rings is 1. The van der Waals surface area contributed by atoms with Gasteiger partial charge < -0.3 is 0 Å². The summed E-state index contributed by atoms with van der Waals surface area (Å²) >= 11 is 0. The van der Waals surface area contributed by atoms with Crippen LogP contribution < -0.4 is 0 Å². The van der Waals surface area contributed by atoms with Gasteiger partial charge in [-0.15, -0.1) is 0 Å². The third kappa shape index (κ3) is 2.37. The molecule has 0 heterocycles. The Labute approximate surface area is 125 Å². The summed E-state index contributed by atoms with van der Waals surface area (Å²) in [7, 11) is 0. The number of nitrogens with zero attached hydrogens (tertiary/aromatic N) is 2. The van der Waals surface area contributed by atoms with Gasteiger partial charge in [0.25, 0.3) is 0 Å². The summed E-state index contributed by atoms with van der Waals surface area (Å²) in [6.07, 6.45) is 6.72. The number of hydrogen-bond acceptors (Lipinski definition) is 4. The number of isocyanates is 2. The number of aliphatic imine (C=N–C) groups is 2. The van der Waals surface area contributed by atoms with Crippen LogP contribution in [0.25, 0.3) is 0 Å². The van der Waals surface area contributed by atoms with Crippen LogP contribution in [0.1, 0.15) is 56.4 Å². The maximum Gasteiger partial charge on any atom is 0.240 e. The fourth-order valence-electron chi connectivity index (χ4n) is 3.51. The molecule has 0 spiro atoms. The Morgan fingerprint density at radius 2 is 1.57 bits per heavy atom. The fraction of sp³-hybridized carbons (Fsp3) is 0.529. The molecule has 110 valence electrons. The zero-order valence-corrected chi connectivity index (χ0v) is 13.0. The van der Waals surface area contributed by atoms with Gasteiger partial charge in [-0.1, -0.05) is 27.7 Å². The molecule has 0 atom stereocenters. The Kier molecular flexibility index (Phi) is 4.22. The molecule has 2 rings (SSSR count). The van der Waals surface area contributed by atoms with Gasteiger partial charge in [-0.2, -0.15) is 9.98 Å². The predicted octanol–water partition coefficient (Wildman–Crippen LogP) is 3.97. The van der Waals surface area contributed by atoms with Crippen molar-refractivity contribution in [1.82, 2.24) is 0 Å². The van der Waals surface area contributed by atoms with E-state index in [4.69, 9.17) is 0 Å². The van der Waals surface area contributed by atoms with E-state index in [2.05, 4.69) is 30.8 Å². The first-order chi connectivity index (χ1) is 10.0. The molecule has 1 aromatic carbocycles. The van der Waals surface area contributed by atoms with Gasteiger partial charge in [0.2, 0.25) is 12.2 Å². The van der Waals surface area contributed by atoms with Gasteiger partial charge in [-0.3, -0.25) is 0 Å². The molecule has 0 saturated heterocycles. The first kappa shape index (κ1) is 15.4. The van der Waals surface area contributed by atoms with Gasteiger partial charge in [-0.25, -0.2) is 9.59 Å². The van der Waals surface area contributed by atoms with Crippen molar-refractivity contribution >= 4 is 23.5 Å². The Bertz CT molecular complexity index is 677. The van der Waals surface area contributed by atoms with Crippen LogP contribution in [0.2, 0.25) is 0 Å². The van der Waals surface area contributed by atoms with Crippen molar-refractivity contribution in [3.8, 4) is 0 Å². The number of rotatable bonds is 4. The minimum atomic E-state index is -0.0255. The lowest BCUT2D eigenvalue weighted by atomic mass is 9.82. The van der Waals surface area contributed by atoms with E-state index in [1.54, 1.807) is 12.2 Å². The highest BCUT2D eigenvalue weighted by atomic mass is 16.1. The van der Waals surface area contributed by atoms with Gasteiger partial charge in [0.05, 0.1) is 11.4 Å². The summed E-state index contributed by atoms with van der Waals surface area (Å²) in [5.74, 6) is 0. The van der Waals surface area contributed by atoms with E-state index in [0.29, 0.717) is 17.8 Å². The van der Waals surface area contributed by atoms with Crippen molar-refractivity contribution in [2.24, 2.45) is 9.98 Å². The van der Waals surface area contributed by atoms with E-state index in [9.17, 15) is 9.59 Å². The smallest absolute Gasteiger partial charge is 0.211 e. The number of fused-ring (bicyclic) bond motifs is 1. The molecule has 0 fully saturated rings. The standard InChI is InChI=1S/C17H20N2O2/c1-5-11-13-7-8-17(3,4)14(13)16(19-10-21)12(6-2)15(11)18-9-20/h5-8H2,1-4H3. The minimum Gasteiger partial charge on any atom is -0.211 e. The second kappa shape index (κ2) is 5.77. The summed E-state index contributed by atoms with van der Waals surface area (Å²) in [4.78, 5) is 29.6.